The summed E-state index contributed by atoms with van der Waals surface area (Å²) in [6.07, 6.45) is 1.37. The van der Waals surface area contributed by atoms with Gasteiger partial charge < -0.3 is 9.64 Å². The van der Waals surface area contributed by atoms with Gasteiger partial charge in [0.25, 0.3) is 5.91 Å². The molecule has 0 aliphatic carbocycles. The molecular formula is C22H22FN3O2. The molecule has 2 aromatic carbocycles. The molecule has 3 aromatic rings. The SMILES string of the molecule is COc1cccc(C(=O)N2CCc3c(-c4ccccc4)nn(C)c3CC2)c1F. The Hall–Kier alpha value is -3.15. The van der Waals surface area contributed by atoms with Gasteiger partial charge in [0.15, 0.2) is 11.6 Å². The van der Waals surface area contributed by atoms with Gasteiger partial charge in [-0.2, -0.15) is 5.10 Å². The van der Waals surface area contributed by atoms with Gasteiger partial charge in [0.2, 0.25) is 0 Å². The van der Waals surface area contributed by atoms with Crippen molar-refractivity contribution in [1.29, 1.82) is 0 Å². The van der Waals surface area contributed by atoms with Crippen LogP contribution in [0.1, 0.15) is 21.6 Å². The van der Waals surface area contributed by atoms with Crippen LogP contribution in [0.25, 0.3) is 11.3 Å². The van der Waals surface area contributed by atoms with Gasteiger partial charge >= 0.3 is 0 Å². The number of hydrogen-bond donors (Lipinski definition) is 0. The highest BCUT2D eigenvalue weighted by molar-refractivity contribution is 5.95. The predicted molar refractivity (Wildman–Crippen MR) is 105 cm³/mol. The van der Waals surface area contributed by atoms with Crippen molar-refractivity contribution in [1.82, 2.24) is 14.7 Å². The van der Waals surface area contributed by atoms with E-state index in [0.717, 1.165) is 22.5 Å². The lowest BCUT2D eigenvalue weighted by Gasteiger charge is -2.21. The Labute approximate surface area is 163 Å². The third-order valence-electron chi connectivity index (χ3n) is 5.27. The first-order valence-electron chi connectivity index (χ1n) is 9.32. The molecule has 0 radical (unpaired) electrons. The number of carbonyl (C=O) groups excluding carboxylic acids is 1. The Morgan fingerprint density at radius 1 is 1.07 bits per heavy atom. The average molecular weight is 379 g/mol. The monoisotopic (exact) mass is 379 g/mol. The molecule has 0 atom stereocenters. The Morgan fingerprint density at radius 3 is 2.57 bits per heavy atom. The molecule has 0 unspecified atom stereocenters. The third-order valence-corrected chi connectivity index (χ3v) is 5.27. The number of methoxy groups -OCH3 is 1. The van der Waals surface area contributed by atoms with Crippen molar-refractivity contribution in [2.24, 2.45) is 7.05 Å². The lowest BCUT2D eigenvalue weighted by molar-refractivity contribution is 0.0757. The zero-order chi connectivity index (χ0) is 19.7. The highest BCUT2D eigenvalue weighted by atomic mass is 19.1. The zero-order valence-electron chi connectivity index (χ0n) is 16.0. The summed E-state index contributed by atoms with van der Waals surface area (Å²) in [6.45, 7) is 1.05. The topological polar surface area (TPSA) is 47.4 Å². The Balaban J connectivity index is 1.61. The van der Waals surface area contributed by atoms with Crippen molar-refractivity contribution in [3.8, 4) is 17.0 Å². The minimum Gasteiger partial charge on any atom is -0.494 e. The fraction of sp³-hybridized carbons (Fsp3) is 0.273. The molecule has 5 nitrogen and oxygen atoms in total. The summed E-state index contributed by atoms with van der Waals surface area (Å²) >= 11 is 0. The molecule has 1 aromatic heterocycles. The van der Waals surface area contributed by atoms with E-state index in [4.69, 9.17) is 9.84 Å². The Kier molecular flexibility index (Phi) is 4.86. The number of nitrogens with zero attached hydrogens (tertiary/aromatic N) is 3. The normalized spacial score (nSPS) is 13.8. The highest BCUT2D eigenvalue weighted by Gasteiger charge is 2.27. The van der Waals surface area contributed by atoms with E-state index in [2.05, 4.69) is 0 Å². The molecule has 0 N–H and O–H groups in total. The third kappa shape index (κ3) is 3.15. The second-order valence-electron chi connectivity index (χ2n) is 6.88. The number of halogens is 1. The van der Waals surface area contributed by atoms with Crippen LogP contribution >= 0.6 is 0 Å². The van der Waals surface area contributed by atoms with Crippen molar-refractivity contribution in [2.45, 2.75) is 12.8 Å². The second kappa shape index (κ2) is 7.46. The van der Waals surface area contributed by atoms with E-state index in [1.165, 1.54) is 19.2 Å². The molecule has 1 aliphatic rings. The number of ether oxygens (including phenoxy) is 1. The smallest absolute Gasteiger partial charge is 0.256 e. The summed E-state index contributed by atoms with van der Waals surface area (Å²) in [4.78, 5) is 14.7. The van der Waals surface area contributed by atoms with Crippen LogP contribution in [-0.2, 0) is 19.9 Å². The quantitative estimate of drug-likeness (QED) is 0.700. The minimum absolute atomic E-state index is 0.0479. The lowest BCUT2D eigenvalue weighted by atomic mass is 10.0. The van der Waals surface area contributed by atoms with Crippen LogP contribution in [0.5, 0.6) is 5.75 Å². The van der Waals surface area contributed by atoms with E-state index in [1.54, 1.807) is 11.0 Å². The number of aryl methyl sites for hydroxylation is 1. The molecule has 0 saturated heterocycles. The van der Waals surface area contributed by atoms with Crippen molar-refractivity contribution >= 4 is 5.91 Å². The van der Waals surface area contributed by atoms with Gasteiger partial charge in [0.1, 0.15) is 0 Å². The van der Waals surface area contributed by atoms with Gasteiger partial charge in [-0.15, -0.1) is 0 Å². The molecule has 0 saturated carbocycles. The van der Waals surface area contributed by atoms with E-state index in [9.17, 15) is 9.18 Å². The number of benzene rings is 2. The molecule has 0 bridgehead atoms. The number of rotatable bonds is 3. The zero-order valence-corrected chi connectivity index (χ0v) is 16.0. The molecular weight excluding hydrogens is 357 g/mol. The number of hydrogen-bond acceptors (Lipinski definition) is 3. The molecule has 4 rings (SSSR count). The van der Waals surface area contributed by atoms with Crippen LogP contribution in [0.15, 0.2) is 48.5 Å². The number of amides is 1. The molecule has 1 amide bonds. The second-order valence-corrected chi connectivity index (χ2v) is 6.88. The van der Waals surface area contributed by atoms with Crippen LogP contribution in [0.4, 0.5) is 4.39 Å². The molecule has 2 heterocycles. The maximum atomic E-state index is 14.5. The first-order chi connectivity index (χ1) is 13.6. The minimum atomic E-state index is -0.608. The van der Waals surface area contributed by atoms with E-state index in [1.807, 2.05) is 42.1 Å². The van der Waals surface area contributed by atoms with Gasteiger partial charge in [-0.3, -0.25) is 9.48 Å². The van der Waals surface area contributed by atoms with Gasteiger partial charge in [-0.05, 0) is 18.6 Å². The maximum Gasteiger partial charge on any atom is 0.256 e. The largest absolute Gasteiger partial charge is 0.494 e. The summed E-state index contributed by atoms with van der Waals surface area (Å²) in [5.41, 5.74) is 4.36. The van der Waals surface area contributed by atoms with E-state index in [-0.39, 0.29) is 17.2 Å². The van der Waals surface area contributed by atoms with Crippen LogP contribution in [0.2, 0.25) is 0 Å². The van der Waals surface area contributed by atoms with Crippen LogP contribution in [0, 0.1) is 5.82 Å². The van der Waals surface area contributed by atoms with Gasteiger partial charge in [-0.25, -0.2) is 4.39 Å². The Morgan fingerprint density at radius 2 is 1.82 bits per heavy atom. The van der Waals surface area contributed by atoms with E-state index in [0.29, 0.717) is 25.9 Å². The van der Waals surface area contributed by atoms with Gasteiger partial charge in [-0.1, -0.05) is 36.4 Å². The van der Waals surface area contributed by atoms with Crippen molar-refractivity contribution in [2.75, 3.05) is 20.2 Å². The van der Waals surface area contributed by atoms with Crippen molar-refractivity contribution in [3.63, 3.8) is 0 Å². The number of carbonyl (C=O) groups is 1. The van der Waals surface area contributed by atoms with Gasteiger partial charge in [0, 0.05) is 43.4 Å². The van der Waals surface area contributed by atoms with E-state index < -0.39 is 5.82 Å². The maximum absolute atomic E-state index is 14.5. The lowest BCUT2D eigenvalue weighted by Crippen LogP contribution is -2.34. The molecule has 28 heavy (non-hydrogen) atoms. The van der Waals surface area contributed by atoms with E-state index >= 15 is 0 Å². The van der Waals surface area contributed by atoms with Crippen molar-refractivity contribution < 1.29 is 13.9 Å². The molecule has 1 aliphatic heterocycles. The molecule has 6 heteroatoms. The standard InChI is InChI=1S/C22H22FN3O2/c1-25-18-12-14-26(22(27)17-9-6-10-19(28-2)20(17)23)13-11-16(18)21(24-25)15-7-4-3-5-8-15/h3-10H,11-14H2,1-2H3. The fourth-order valence-electron chi connectivity index (χ4n) is 3.81. The van der Waals surface area contributed by atoms with Crippen LogP contribution < -0.4 is 4.74 Å². The predicted octanol–water partition coefficient (Wildman–Crippen LogP) is 3.48. The molecule has 144 valence electrons. The summed E-state index contributed by atoms with van der Waals surface area (Å²) < 4.78 is 21.5. The highest BCUT2D eigenvalue weighted by Crippen LogP contribution is 2.29. The molecule has 0 spiro atoms. The summed E-state index contributed by atoms with van der Waals surface area (Å²) in [7, 11) is 3.33. The summed E-state index contributed by atoms with van der Waals surface area (Å²) in [5, 5.41) is 4.71. The summed E-state index contributed by atoms with van der Waals surface area (Å²) in [5.74, 6) is -0.832. The number of aromatic nitrogens is 2. The van der Waals surface area contributed by atoms with Crippen molar-refractivity contribution in [3.05, 3.63) is 71.2 Å². The fourth-order valence-corrected chi connectivity index (χ4v) is 3.81. The summed E-state index contributed by atoms with van der Waals surface area (Å²) in [6, 6.07) is 14.7. The Bertz CT molecular complexity index is 1010. The van der Waals surface area contributed by atoms with Crippen LogP contribution in [-0.4, -0.2) is 40.8 Å². The van der Waals surface area contributed by atoms with Crippen LogP contribution in [0.3, 0.4) is 0 Å². The number of fused-ring (bicyclic) bond motifs is 1. The average Bonchev–Trinajstić information content (AvgIpc) is 2.89. The van der Waals surface area contributed by atoms with Gasteiger partial charge in [0.05, 0.1) is 18.4 Å². The first-order valence-corrected chi connectivity index (χ1v) is 9.32. The molecule has 0 fully saturated rings. The first kappa shape index (κ1) is 18.2.